The molecule has 7 heteroatoms. The van der Waals surface area contributed by atoms with Crippen molar-refractivity contribution in [1.29, 1.82) is 0 Å². The molecule has 0 aromatic heterocycles. The lowest BCUT2D eigenvalue weighted by Gasteiger charge is -2.08. The molecule has 0 heterocycles. The number of amides is 1. The number of aliphatic hydroxyl groups excluding tert-OH is 1. The van der Waals surface area contributed by atoms with Crippen molar-refractivity contribution in [3.63, 3.8) is 0 Å². The summed E-state index contributed by atoms with van der Waals surface area (Å²) in [6, 6.07) is 21.5. The second kappa shape index (κ2) is 9.64. The predicted molar refractivity (Wildman–Crippen MR) is 110 cm³/mol. The fourth-order valence-electron chi connectivity index (χ4n) is 2.39. The molecule has 0 unspecified atom stereocenters. The van der Waals surface area contributed by atoms with Gasteiger partial charge in [0, 0.05) is 5.02 Å². The SMILES string of the molecule is O=C(Oc1ccc(/C=N\NC(=O)[C@@H](O)c2ccccc2)cc1)c1ccc(Cl)cc1. The van der Waals surface area contributed by atoms with Crippen LogP contribution in [0.4, 0.5) is 0 Å². The average molecular weight is 409 g/mol. The smallest absolute Gasteiger partial charge is 0.343 e. The third-order valence-electron chi connectivity index (χ3n) is 3.92. The van der Waals surface area contributed by atoms with E-state index in [4.69, 9.17) is 16.3 Å². The maximum absolute atomic E-state index is 12.1. The summed E-state index contributed by atoms with van der Waals surface area (Å²) in [5, 5.41) is 14.3. The third-order valence-corrected chi connectivity index (χ3v) is 4.17. The minimum Gasteiger partial charge on any atom is -0.423 e. The van der Waals surface area contributed by atoms with Crippen LogP contribution in [0.25, 0.3) is 0 Å². The quantitative estimate of drug-likeness (QED) is 0.281. The topological polar surface area (TPSA) is 88.0 Å². The minimum atomic E-state index is -1.30. The summed E-state index contributed by atoms with van der Waals surface area (Å²) in [5.74, 6) is -0.767. The van der Waals surface area contributed by atoms with Crippen LogP contribution in [0.5, 0.6) is 5.75 Å². The van der Waals surface area contributed by atoms with E-state index in [1.165, 1.54) is 6.21 Å². The molecule has 0 saturated heterocycles. The van der Waals surface area contributed by atoms with Gasteiger partial charge in [0.05, 0.1) is 11.8 Å². The molecule has 0 fully saturated rings. The highest BCUT2D eigenvalue weighted by molar-refractivity contribution is 6.30. The molecular weight excluding hydrogens is 392 g/mol. The number of aliphatic hydroxyl groups is 1. The summed E-state index contributed by atoms with van der Waals surface area (Å²) < 4.78 is 5.29. The molecule has 0 saturated carbocycles. The third kappa shape index (κ3) is 5.75. The van der Waals surface area contributed by atoms with Crippen LogP contribution in [0.2, 0.25) is 5.02 Å². The summed E-state index contributed by atoms with van der Waals surface area (Å²) in [4.78, 5) is 24.0. The molecule has 0 aliphatic carbocycles. The van der Waals surface area contributed by atoms with Crippen molar-refractivity contribution in [2.45, 2.75) is 6.10 Å². The van der Waals surface area contributed by atoms with Gasteiger partial charge in [-0.25, -0.2) is 10.2 Å². The highest BCUT2D eigenvalue weighted by Crippen LogP contribution is 2.15. The Bertz CT molecular complexity index is 1000. The summed E-state index contributed by atoms with van der Waals surface area (Å²) >= 11 is 5.80. The number of hydrogen-bond donors (Lipinski definition) is 2. The number of rotatable bonds is 6. The van der Waals surface area contributed by atoms with Gasteiger partial charge >= 0.3 is 5.97 Å². The zero-order valence-corrected chi connectivity index (χ0v) is 15.9. The number of carbonyl (C=O) groups excluding carboxylic acids is 2. The normalized spacial score (nSPS) is 11.8. The molecule has 2 N–H and O–H groups in total. The van der Waals surface area contributed by atoms with Crippen molar-refractivity contribution >= 4 is 29.7 Å². The number of nitrogens with zero attached hydrogens (tertiary/aromatic N) is 1. The number of hydrogen-bond acceptors (Lipinski definition) is 5. The second-order valence-electron chi connectivity index (χ2n) is 6.01. The Hall–Kier alpha value is -3.48. The van der Waals surface area contributed by atoms with Crippen molar-refractivity contribution in [2.75, 3.05) is 0 Å². The van der Waals surface area contributed by atoms with E-state index in [2.05, 4.69) is 10.5 Å². The molecule has 3 aromatic rings. The van der Waals surface area contributed by atoms with Crippen molar-refractivity contribution in [1.82, 2.24) is 5.43 Å². The van der Waals surface area contributed by atoms with Gasteiger partial charge in [-0.3, -0.25) is 4.79 Å². The van der Waals surface area contributed by atoms with E-state index in [0.717, 1.165) is 0 Å². The van der Waals surface area contributed by atoms with Crippen LogP contribution in [-0.4, -0.2) is 23.2 Å². The number of hydrazone groups is 1. The lowest BCUT2D eigenvalue weighted by atomic mass is 10.1. The van der Waals surface area contributed by atoms with E-state index in [1.807, 2.05) is 0 Å². The standard InChI is InChI=1S/C22H17ClN2O4/c23-18-10-8-17(9-11-18)22(28)29-19-12-6-15(7-13-19)14-24-25-21(27)20(26)16-4-2-1-3-5-16/h1-14,20,26H,(H,25,27)/b24-14-/t20-/m0/s1. The Kier molecular flexibility index (Phi) is 6.73. The number of carbonyl (C=O) groups is 2. The maximum Gasteiger partial charge on any atom is 0.343 e. The molecule has 29 heavy (non-hydrogen) atoms. The Morgan fingerprint density at radius 1 is 0.966 bits per heavy atom. The first kappa shape index (κ1) is 20.3. The summed E-state index contributed by atoms with van der Waals surface area (Å²) in [6.07, 6.45) is 0.114. The van der Waals surface area contributed by atoms with Gasteiger partial charge in [0.1, 0.15) is 5.75 Å². The molecule has 1 atom stereocenters. The molecule has 0 radical (unpaired) electrons. The average Bonchev–Trinajstić information content (AvgIpc) is 2.75. The number of esters is 1. The highest BCUT2D eigenvalue weighted by Gasteiger charge is 2.15. The predicted octanol–water partition coefficient (Wildman–Crippen LogP) is 3.74. The van der Waals surface area contributed by atoms with E-state index in [1.54, 1.807) is 78.9 Å². The fourth-order valence-corrected chi connectivity index (χ4v) is 2.52. The molecule has 0 aliphatic heterocycles. The van der Waals surface area contributed by atoms with Gasteiger partial charge in [0.15, 0.2) is 6.10 Å². The first-order chi connectivity index (χ1) is 14.0. The Morgan fingerprint density at radius 2 is 1.62 bits per heavy atom. The van der Waals surface area contributed by atoms with Gasteiger partial charge < -0.3 is 9.84 Å². The van der Waals surface area contributed by atoms with E-state index in [9.17, 15) is 14.7 Å². The van der Waals surface area contributed by atoms with Gasteiger partial charge in [-0.15, -0.1) is 0 Å². The largest absolute Gasteiger partial charge is 0.423 e. The molecular formula is C22H17ClN2O4. The van der Waals surface area contributed by atoms with Crippen LogP contribution in [0.3, 0.4) is 0 Å². The zero-order chi connectivity index (χ0) is 20.6. The van der Waals surface area contributed by atoms with Crippen molar-refractivity contribution in [3.8, 4) is 5.75 Å². The minimum absolute atomic E-state index is 0.366. The lowest BCUT2D eigenvalue weighted by Crippen LogP contribution is -2.25. The molecule has 6 nitrogen and oxygen atoms in total. The number of ether oxygens (including phenoxy) is 1. The van der Waals surface area contributed by atoms with Crippen LogP contribution < -0.4 is 10.2 Å². The zero-order valence-electron chi connectivity index (χ0n) is 15.2. The van der Waals surface area contributed by atoms with Crippen LogP contribution in [0.1, 0.15) is 27.6 Å². The molecule has 146 valence electrons. The molecule has 0 spiro atoms. The van der Waals surface area contributed by atoms with E-state index in [-0.39, 0.29) is 0 Å². The number of nitrogens with one attached hydrogen (secondary N) is 1. The highest BCUT2D eigenvalue weighted by atomic mass is 35.5. The van der Waals surface area contributed by atoms with Crippen LogP contribution >= 0.6 is 11.6 Å². The second-order valence-corrected chi connectivity index (χ2v) is 6.45. The lowest BCUT2D eigenvalue weighted by molar-refractivity contribution is -0.129. The number of benzene rings is 3. The fraction of sp³-hybridized carbons (Fsp3) is 0.0455. The van der Waals surface area contributed by atoms with E-state index in [0.29, 0.717) is 27.5 Å². The Labute approximate surface area is 172 Å². The van der Waals surface area contributed by atoms with Gasteiger partial charge in [0.25, 0.3) is 5.91 Å². The Morgan fingerprint density at radius 3 is 2.28 bits per heavy atom. The van der Waals surface area contributed by atoms with Crippen LogP contribution in [0.15, 0.2) is 84.0 Å². The number of halogens is 1. The maximum atomic E-state index is 12.1. The molecule has 3 rings (SSSR count). The monoisotopic (exact) mass is 408 g/mol. The summed E-state index contributed by atoms with van der Waals surface area (Å²) in [7, 11) is 0. The van der Waals surface area contributed by atoms with Gasteiger partial charge in [-0.2, -0.15) is 5.10 Å². The van der Waals surface area contributed by atoms with E-state index >= 15 is 0 Å². The Balaban J connectivity index is 1.54. The van der Waals surface area contributed by atoms with Gasteiger partial charge in [-0.05, 0) is 59.7 Å². The van der Waals surface area contributed by atoms with E-state index < -0.39 is 18.0 Å². The summed E-state index contributed by atoms with van der Waals surface area (Å²) in [6.45, 7) is 0. The van der Waals surface area contributed by atoms with Crippen LogP contribution in [-0.2, 0) is 4.79 Å². The molecule has 3 aromatic carbocycles. The first-order valence-electron chi connectivity index (χ1n) is 8.66. The van der Waals surface area contributed by atoms with Gasteiger partial charge in [-0.1, -0.05) is 41.9 Å². The van der Waals surface area contributed by atoms with Crippen molar-refractivity contribution in [3.05, 3.63) is 101 Å². The molecule has 1 amide bonds. The first-order valence-corrected chi connectivity index (χ1v) is 9.04. The van der Waals surface area contributed by atoms with Crippen molar-refractivity contribution < 1.29 is 19.4 Å². The summed E-state index contributed by atoms with van der Waals surface area (Å²) in [5.41, 5.74) is 3.83. The van der Waals surface area contributed by atoms with Crippen LogP contribution in [0, 0.1) is 0 Å². The molecule has 0 bridgehead atoms. The molecule has 0 aliphatic rings. The van der Waals surface area contributed by atoms with Gasteiger partial charge in [0.2, 0.25) is 0 Å². The van der Waals surface area contributed by atoms with Crippen molar-refractivity contribution in [2.24, 2.45) is 5.10 Å².